The molecule has 41 heavy (non-hydrogen) atoms. The fourth-order valence-electron chi connectivity index (χ4n) is 5.16. The molecular formula is C31H35Cl2N3O4S. The number of hydrogen-bond donors (Lipinski definition) is 1. The van der Waals surface area contributed by atoms with Crippen molar-refractivity contribution in [1.29, 1.82) is 0 Å². The minimum atomic E-state index is -3.94. The van der Waals surface area contributed by atoms with E-state index in [2.05, 4.69) is 5.32 Å². The van der Waals surface area contributed by atoms with Crippen molar-refractivity contribution in [3.8, 4) is 0 Å². The summed E-state index contributed by atoms with van der Waals surface area (Å²) in [7, 11) is -3.94. The van der Waals surface area contributed by atoms with Gasteiger partial charge in [-0.25, -0.2) is 8.42 Å². The van der Waals surface area contributed by atoms with Crippen LogP contribution in [0.1, 0.15) is 43.2 Å². The number of benzene rings is 3. The number of hydrogen-bond acceptors (Lipinski definition) is 4. The largest absolute Gasteiger partial charge is 0.352 e. The molecule has 7 nitrogen and oxygen atoms in total. The maximum atomic E-state index is 14.2. The quantitative estimate of drug-likeness (QED) is 0.293. The van der Waals surface area contributed by atoms with E-state index in [0.29, 0.717) is 0 Å². The van der Waals surface area contributed by atoms with Crippen LogP contribution < -0.4 is 9.62 Å². The van der Waals surface area contributed by atoms with E-state index < -0.39 is 28.5 Å². The molecule has 0 saturated heterocycles. The highest BCUT2D eigenvalue weighted by atomic mass is 35.5. The molecule has 0 aliphatic heterocycles. The van der Waals surface area contributed by atoms with Crippen molar-refractivity contribution in [2.24, 2.45) is 0 Å². The summed E-state index contributed by atoms with van der Waals surface area (Å²) >= 11 is 12.6. The first-order chi connectivity index (χ1) is 19.6. The minimum Gasteiger partial charge on any atom is -0.352 e. The van der Waals surface area contributed by atoms with Crippen LogP contribution in [0.4, 0.5) is 5.69 Å². The van der Waals surface area contributed by atoms with Gasteiger partial charge in [0, 0.05) is 19.0 Å². The average Bonchev–Trinajstić information content (AvgIpc) is 2.96. The van der Waals surface area contributed by atoms with Gasteiger partial charge in [-0.15, -0.1) is 0 Å². The molecule has 1 aliphatic carbocycles. The molecule has 2 amide bonds. The van der Waals surface area contributed by atoms with Crippen molar-refractivity contribution in [3.63, 3.8) is 0 Å². The van der Waals surface area contributed by atoms with Crippen molar-refractivity contribution in [2.75, 3.05) is 17.1 Å². The smallest absolute Gasteiger partial charge is 0.244 e. The average molecular weight is 617 g/mol. The second-order valence-electron chi connectivity index (χ2n) is 10.4. The summed E-state index contributed by atoms with van der Waals surface area (Å²) in [4.78, 5) is 29.6. The van der Waals surface area contributed by atoms with Crippen molar-refractivity contribution < 1.29 is 18.0 Å². The number of anilines is 1. The zero-order valence-corrected chi connectivity index (χ0v) is 25.3. The van der Waals surface area contributed by atoms with Crippen LogP contribution in [-0.4, -0.2) is 50.0 Å². The van der Waals surface area contributed by atoms with E-state index in [1.807, 2.05) is 60.7 Å². The zero-order valence-electron chi connectivity index (χ0n) is 23.0. The van der Waals surface area contributed by atoms with Crippen LogP contribution in [0.25, 0.3) is 0 Å². The molecule has 3 aromatic carbocycles. The molecule has 0 unspecified atom stereocenters. The lowest BCUT2D eigenvalue weighted by Gasteiger charge is -2.35. The van der Waals surface area contributed by atoms with E-state index in [-0.39, 0.29) is 40.6 Å². The van der Waals surface area contributed by atoms with Gasteiger partial charge in [-0.1, -0.05) is 109 Å². The summed E-state index contributed by atoms with van der Waals surface area (Å²) in [5.74, 6) is -0.785. The molecule has 0 aromatic heterocycles. The molecule has 1 N–H and O–H groups in total. The maximum Gasteiger partial charge on any atom is 0.244 e. The number of carbonyl (C=O) groups excluding carboxylic acids is 2. The Morgan fingerprint density at radius 1 is 0.878 bits per heavy atom. The summed E-state index contributed by atoms with van der Waals surface area (Å²) in [6.45, 7) is -0.427. The van der Waals surface area contributed by atoms with Gasteiger partial charge in [0.15, 0.2) is 0 Å². The van der Waals surface area contributed by atoms with Crippen LogP contribution in [0.2, 0.25) is 10.0 Å². The highest BCUT2D eigenvalue weighted by Crippen LogP contribution is 2.34. The third-order valence-electron chi connectivity index (χ3n) is 7.30. The molecule has 0 bridgehead atoms. The van der Waals surface area contributed by atoms with Gasteiger partial charge < -0.3 is 10.2 Å². The van der Waals surface area contributed by atoms with Crippen LogP contribution in [0.5, 0.6) is 0 Å². The predicted octanol–water partition coefficient (Wildman–Crippen LogP) is 5.85. The van der Waals surface area contributed by atoms with Crippen molar-refractivity contribution >= 4 is 50.7 Å². The Bertz CT molecular complexity index is 1430. The third-order valence-corrected chi connectivity index (χ3v) is 9.23. The van der Waals surface area contributed by atoms with Gasteiger partial charge in [-0.2, -0.15) is 0 Å². The van der Waals surface area contributed by atoms with E-state index in [1.54, 1.807) is 12.1 Å². The monoisotopic (exact) mass is 615 g/mol. The molecule has 1 atom stereocenters. The highest BCUT2D eigenvalue weighted by molar-refractivity contribution is 7.92. The van der Waals surface area contributed by atoms with Gasteiger partial charge in [-0.3, -0.25) is 13.9 Å². The summed E-state index contributed by atoms with van der Waals surface area (Å²) in [5, 5.41) is 3.38. The van der Waals surface area contributed by atoms with Gasteiger partial charge in [0.05, 0.1) is 22.0 Å². The van der Waals surface area contributed by atoms with Crippen LogP contribution >= 0.6 is 23.2 Å². The predicted molar refractivity (Wildman–Crippen MR) is 165 cm³/mol. The Labute approximate surface area is 252 Å². The van der Waals surface area contributed by atoms with Crippen LogP contribution in [0, 0.1) is 0 Å². The van der Waals surface area contributed by atoms with Crippen LogP contribution in [0.3, 0.4) is 0 Å². The Hall–Kier alpha value is -3.07. The summed E-state index contributed by atoms with van der Waals surface area (Å²) < 4.78 is 26.8. The number of halogens is 2. The van der Waals surface area contributed by atoms with Gasteiger partial charge in [0.1, 0.15) is 12.6 Å². The van der Waals surface area contributed by atoms with Crippen molar-refractivity contribution in [3.05, 3.63) is 100 Å². The molecule has 1 saturated carbocycles. The van der Waals surface area contributed by atoms with E-state index in [4.69, 9.17) is 23.2 Å². The Morgan fingerprint density at radius 2 is 1.49 bits per heavy atom. The van der Waals surface area contributed by atoms with Gasteiger partial charge in [0.25, 0.3) is 0 Å². The number of rotatable bonds is 11. The Balaban J connectivity index is 1.72. The molecule has 1 fully saturated rings. The van der Waals surface area contributed by atoms with E-state index >= 15 is 0 Å². The molecule has 218 valence electrons. The topological polar surface area (TPSA) is 86.8 Å². The molecule has 4 rings (SSSR count). The molecule has 0 spiro atoms. The van der Waals surface area contributed by atoms with E-state index in [1.165, 1.54) is 11.0 Å². The number of nitrogens with zero attached hydrogens (tertiary/aromatic N) is 2. The first kappa shape index (κ1) is 30.9. The van der Waals surface area contributed by atoms with Crippen LogP contribution in [0.15, 0.2) is 78.9 Å². The number of sulfonamides is 1. The first-order valence-corrected chi connectivity index (χ1v) is 16.3. The molecule has 0 heterocycles. The fraction of sp³-hybridized carbons (Fsp3) is 0.355. The number of carbonyl (C=O) groups is 2. The number of amides is 2. The number of nitrogens with one attached hydrogen (secondary N) is 1. The van der Waals surface area contributed by atoms with Gasteiger partial charge in [-0.05, 0) is 36.1 Å². The highest BCUT2D eigenvalue weighted by Gasteiger charge is 2.34. The molecule has 0 radical (unpaired) electrons. The second kappa shape index (κ2) is 14.2. The fourth-order valence-corrected chi connectivity index (χ4v) is 6.46. The van der Waals surface area contributed by atoms with Crippen molar-refractivity contribution in [1.82, 2.24) is 10.2 Å². The lowest BCUT2D eigenvalue weighted by molar-refractivity contribution is -0.140. The molecular weight excluding hydrogens is 581 g/mol. The third kappa shape index (κ3) is 8.47. The summed E-state index contributed by atoms with van der Waals surface area (Å²) in [6.07, 6.45) is 6.31. The normalized spacial score (nSPS) is 14.7. The maximum absolute atomic E-state index is 14.2. The first-order valence-electron chi connectivity index (χ1n) is 13.7. The molecule has 1 aliphatic rings. The standard InChI is InChI=1S/C31H35Cl2N3O4S/c1-41(39,40)36(27-19-11-18-26(32)30(27)33)22-29(37)35(21-24-14-7-3-8-15-24)28(20-23-12-5-2-6-13-23)31(38)34-25-16-9-4-10-17-25/h2-3,5-8,11-15,18-19,25,28H,4,9-10,16-17,20-22H2,1H3,(H,34,38)/t28-/m1/s1. The molecule has 3 aromatic rings. The van der Waals surface area contributed by atoms with E-state index in [9.17, 15) is 18.0 Å². The van der Waals surface area contributed by atoms with Crippen molar-refractivity contribution in [2.45, 2.75) is 57.2 Å². The minimum absolute atomic E-state index is 0.0258. The Morgan fingerprint density at radius 3 is 2.10 bits per heavy atom. The lowest BCUT2D eigenvalue weighted by atomic mass is 9.94. The van der Waals surface area contributed by atoms with Gasteiger partial charge >= 0.3 is 0 Å². The second-order valence-corrected chi connectivity index (χ2v) is 13.1. The lowest BCUT2D eigenvalue weighted by Crippen LogP contribution is -2.55. The zero-order chi connectivity index (χ0) is 29.4. The summed E-state index contributed by atoms with van der Waals surface area (Å²) in [6, 6.07) is 22.7. The SMILES string of the molecule is CS(=O)(=O)N(CC(=O)N(Cc1ccccc1)[C@H](Cc1ccccc1)C(=O)NC1CCCCC1)c1cccc(Cl)c1Cl. The van der Waals surface area contributed by atoms with E-state index in [0.717, 1.165) is 53.8 Å². The van der Waals surface area contributed by atoms with Crippen LogP contribution in [-0.2, 0) is 32.6 Å². The molecule has 10 heteroatoms. The van der Waals surface area contributed by atoms with Gasteiger partial charge in [0.2, 0.25) is 21.8 Å². The Kier molecular flexibility index (Phi) is 10.7. The summed E-state index contributed by atoms with van der Waals surface area (Å²) in [5.41, 5.74) is 1.80.